The van der Waals surface area contributed by atoms with Crippen LogP contribution in [0.3, 0.4) is 0 Å². The highest BCUT2D eigenvalue weighted by Crippen LogP contribution is 2.10. The van der Waals surface area contributed by atoms with Crippen LogP contribution in [0.2, 0.25) is 5.02 Å². The average molecular weight is 484 g/mol. The first-order valence-corrected chi connectivity index (χ1v) is 8.74. The molecule has 0 unspecified atom stereocenters. The highest BCUT2D eigenvalue weighted by molar-refractivity contribution is 14.0. The van der Waals surface area contributed by atoms with Gasteiger partial charge in [0.1, 0.15) is 5.65 Å². The Morgan fingerprint density at radius 3 is 2.65 bits per heavy atom. The zero-order valence-electron chi connectivity index (χ0n) is 14.7. The maximum absolute atomic E-state index is 6.01. The number of nitrogens with zero attached hydrogens (tertiary/aromatic N) is 3. The summed E-state index contributed by atoms with van der Waals surface area (Å²) < 4.78 is 2.04. The smallest absolute Gasteiger partial charge is 0.190 e. The van der Waals surface area contributed by atoms with Crippen molar-refractivity contribution < 1.29 is 0 Å². The fourth-order valence-electron chi connectivity index (χ4n) is 2.65. The molecule has 0 bridgehead atoms. The van der Waals surface area contributed by atoms with Crippen LogP contribution in [0, 0.1) is 0 Å². The zero-order chi connectivity index (χ0) is 17.5. The molecule has 2 heterocycles. The summed E-state index contributed by atoms with van der Waals surface area (Å²) in [6.07, 6.45) is 5.81. The van der Waals surface area contributed by atoms with Crippen LogP contribution in [-0.2, 0) is 12.8 Å². The van der Waals surface area contributed by atoms with E-state index in [2.05, 4.69) is 32.9 Å². The van der Waals surface area contributed by atoms with Gasteiger partial charge in [0.05, 0.1) is 5.69 Å². The highest BCUT2D eigenvalue weighted by Gasteiger charge is 2.02. The van der Waals surface area contributed by atoms with Crippen LogP contribution in [0.4, 0.5) is 0 Å². The summed E-state index contributed by atoms with van der Waals surface area (Å²) in [5, 5.41) is 7.41. The molecule has 138 valence electrons. The molecule has 26 heavy (non-hydrogen) atoms. The molecule has 5 nitrogen and oxygen atoms in total. The van der Waals surface area contributed by atoms with E-state index in [4.69, 9.17) is 11.6 Å². The Balaban J connectivity index is 0.00000243. The molecule has 2 N–H and O–H groups in total. The van der Waals surface area contributed by atoms with Gasteiger partial charge in [-0.3, -0.25) is 4.99 Å². The van der Waals surface area contributed by atoms with E-state index in [9.17, 15) is 0 Å². The Morgan fingerprint density at radius 2 is 1.92 bits per heavy atom. The fourth-order valence-corrected chi connectivity index (χ4v) is 2.87. The van der Waals surface area contributed by atoms with Gasteiger partial charge < -0.3 is 15.0 Å². The monoisotopic (exact) mass is 483 g/mol. The van der Waals surface area contributed by atoms with Crippen molar-refractivity contribution in [2.24, 2.45) is 4.99 Å². The molecule has 3 aromatic rings. The van der Waals surface area contributed by atoms with E-state index < -0.39 is 0 Å². The minimum absolute atomic E-state index is 0. The topological polar surface area (TPSA) is 53.7 Å². The van der Waals surface area contributed by atoms with Crippen molar-refractivity contribution >= 4 is 47.2 Å². The number of benzene rings is 1. The maximum Gasteiger partial charge on any atom is 0.190 e. The van der Waals surface area contributed by atoms with Crippen LogP contribution < -0.4 is 10.6 Å². The molecule has 2 aromatic heterocycles. The Morgan fingerprint density at radius 1 is 1.12 bits per heavy atom. The van der Waals surface area contributed by atoms with Crippen LogP contribution in [0.5, 0.6) is 0 Å². The van der Waals surface area contributed by atoms with Gasteiger partial charge in [0.2, 0.25) is 0 Å². The highest BCUT2D eigenvalue weighted by atomic mass is 127. The predicted octanol–water partition coefficient (Wildman–Crippen LogP) is 3.56. The number of rotatable bonds is 6. The number of aliphatic imine (C=N–C) groups is 1. The predicted molar refractivity (Wildman–Crippen MR) is 119 cm³/mol. The van der Waals surface area contributed by atoms with E-state index in [1.807, 2.05) is 47.0 Å². The summed E-state index contributed by atoms with van der Waals surface area (Å²) in [6, 6.07) is 13.9. The van der Waals surface area contributed by atoms with Crippen molar-refractivity contribution in [2.45, 2.75) is 12.8 Å². The number of hydrogen-bond acceptors (Lipinski definition) is 2. The number of halogens is 2. The molecule has 0 saturated carbocycles. The van der Waals surface area contributed by atoms with Crippen molar-refractivity contribution in [3.8, 4) is 0 Å². The summed E-state index contributed by atoms with van der Waals surface area (Å²) in [4.78, 5) is 8.85. The minimum atomic E-state index is 0. The molecular formula is C19H23ClIN5. The van der Waals surface area contributed by atoms with Crippen molar-refractivity contribution in [2.75, 3.05) is 20.1 Å². The lowest BCUT2D eigenvalue weighted by atomic mass is 10.1. The first-order valence-electron chi connectivity index (χ1n) is 8.36. The lowest BCUT2D eigenvalue weighted by Crippen LogP contribution is -2.39. The van der Waals surface area contributed by atoms with Gasteiger partial charge in [-0.25, -0.2) is 4.98 Å². The van der Waals surface area contributed by atoms with Crippen molar-refractivity contribution in [1.29, 1.82) is 0 Å². The molecule has 0 aliphatic rings. The van der Waals surface area contributed by atoms with Crippen LogP contribution >= 0.6 is 35.6 Å². The Labute approximate surface area is 175 Å². The van der Waals surface area contributed by atoms with Crippen molar-refractivity contribution in [3.63, 3.8) is 0 Å². The number of pyridine rings is 1. The number of nitrogens with one attached hydrogen (secondary N) is 2. The minimum Gasteiger partial charge on any atom is -0.356 e. The first-order chi connectivity index (χ1) is 12.2. The van der Waals surface area contributed by atoms with E-state index in [0.717, 1.165) is 48.3 Å². The molecule has 3 rings (SSSR count). The summed E-state index contributed by atoms with van der Waals surface area (Å²) in [5.41, 5.74) is 3.25. The Kier molecular flexibility index (Phi) is 8.18. The summed E-state index contributed by atoms with van der Waals surface area (Å²) >= 11 is 6.01. The second-order valence-electron chi connectivity index (χ2n) is 5.75. The van der Waals surface area contributed by atoms with E-state index in [1.165, 1.54) is 5.56 Å². The van der Waals surface area contributed by atoms with E-state index in [-0.39, 0.29) is 24.0 Å². The third kappa shape index (κ3) is 5.88. The van der Waals surface area contributed by atoms with Gasteiger partial charge in [-0.1, -0.05) is 29.8 Å². The van der Waals surface area contributed by atoms with Gasteiger partial charge in [-0.05, 0) is 36.2 Å². The van der Waals surface area contributed by atoms with Crippen LogP contribution in [0.25, 0.3) is 5.65 Å². The maximum atomic E-state index is 6.01. The normalized spacial score (nSPS) is 11.2. The fraction of sp³-hybridized carbons (Fsp3) is 0.263. The number of guanidine groups is 1. The lowest BCUT2D eigenvalue weighted by molar-refractivity contribution is 0.778. The van der Waals surface area contributed by atoms with Gasteiger partial charge in [0, 0.05) is 44.0 Å². The molecule has 0 amide bonds. The van der Waals surface area contributed by atoms with Crippen molar-refractivity contribution in [1.82, 2.24) is 20.0 Å². The summed E-state index contributed by atoms with van der Waals surface area (Å²) in [7, 11) is 1.78. The van der Waals surface area contributed by atoms with Crippen LogP contribution in [0.15, 0.2) is 59.9 Å². The van der Waals surface area contributed by atoms with Crippen molar-refractivity contribution in [3.05, 3.63) is 71.1 Å². The van der Waals surface area contributed by atoms with Gasteiger partial charge in [0.15, 0.2) is 5.96 Å². The van der Waals surface area contributed by atoms with E-state index >= 15 is 0 Å². The molecule has 7 heteroatoms. The SMILES string of the molecule is CN=C(NCCc1cccc(Cl)c1)NCCc1cn2ccccc2n1.I. The molecule has 0 atom stereocenters. The molecule has 0 aliphatic heterocycles. The number of aromatic nitrogens is 2. The molecule has 0 saturated heterocycles. The van der Waals surface area contributed by atoms with Gasteiger partial charge in [-0.15, -0.1) is 24.0 Å². The van der Waals surface area contributed by atoms with E-state index in [0.29, 0.717) is 0 Å². The summed E-state index contributed by atoms with van der Waals surface area (Å²) in [6.45, 7) is 1.58. The largest absolute Gasteiger partial charge is 0.356 e. The molecule has 0 radical (unpaired) electrons. The third-order valence-corrected chi connectivity index (χ3v) is 4.14. The number of imidazole rings is 1. The van der Waals surface area contributed by atoms with Gasteiger partial charge in [0.25, 0.3) is 0 Å². The van der Waals surface area contributed by atoms with Gasteiger partial charge in [-0.2, -0.15) is 0 Å². The average Bonchev–Trinajstić information content (AvgIpc) is 3.03. The summed E-state index contributed by atoms with van der Waals surface area (Å²) in [5.74, 6) is 0.797. The molecule has 0 spiro atoms. The third-order valence-electron chi connectivity index (χ3n) is 3.91. The van der Waals surface area contributed by atoms with Gasteiger partial charge >= 0.3 is 0 Å². The quantitative estimate of drug-likeness (QED) is 0.320. The van der Waals surface area contributed by atoms with Crippen LogP contribution in [-0.4, -0.2) is 35.5 Å². The lowest BCUT2D eigenvalue weighted by Gasteiger charge is -2.11. The Hall–Kier alpha value is -1.80. The number of hydrogen-bond donors (Lipinski definition) is 2. The molecule has 0 fully saturated rings. The first kappa shape index (κ1) is 20.5. The Bertz CT molecular complexity index is 829. The second kappa shape index (κ2) is 10.4. The van der Waals surface area contributed by atoms with E-state index in [1.54, 1.807) is 7.05 Å². The van der Waals surface area contributed by atoms with Crippen LogP contribution in [0.1, 0.15) is 11.3 Å². The molecule has 0 aliphatic carbocycles. The zero-order valence-corrected chi connectivity index (χ0v) is 17.7. The number of fused-ring (bicyclic) bond motifs is 1. The molecule has 1 aromatic carbocycles. The second-order valence-corrected chi connectivity index (χ2v) is 6.19. The standard InChI is InChI=1S/C19H22ClN5.HI/c1-21-19(22-10-8-15-5-4-6-16(20)13-15)23-11-9-17-14-25-12-3-2-7-18(25)24-17;/h2-7,12-14H,8-11H2,1H3,(H2,21,22,23);1H. The molecular weight excluding hydrogens is 461 g/mol.